The molecular formula is C21H24ClN2O4S-. The number of carboxylic acid groups (broad SMARTS) is 1. The molecule has 2 aromatic rings. The molecule has 156 valence electrons. The van der Waals surface area contributed by atoms with Gasteiger partial charge >= 0.3 is 0 Å². The predicted molar refractivity (Wildman–Crippen MR) is 111 cm³/mol. The molecule has 2 aromatic carbocycles. The Balaban J connectivity index is 1.85. The van der Waals surface area contributed by atoms with Crippen molar-refractivity contribution in [3.63, 3.8) is 0 Å². The lowest BCUT2D eigenvalue weighted by atomic mass is 9.96. The SMILES string of the molecule is CN1c2ccccc2C(NCCCCCCC(=O)[O-])c2ccc(Cl)cc2S1(=O)=O. The van der Waals surface area contributed by atoms with Crippen LogP contribution >= 0.6 is 11.6 Å². The third-order valence-electron chi connectivity index (χ3n) is 5.17. The Labute approximate surface area is 176 Å². The Morgan fingerprint density at radius 3 is 2.59 bits per heavy atom. The summed E-state index contributed by atoms with van der Waals surface area (Å²) in [5, 5.41) is 14.3. The summed E-state index contributed by atoms with van der Waals surface area (Å²) in [5.74, 6) is -1.02. The van der Waals surface area contributed by atoms with Crippen molar-refractivity contribution in [2.45, 2.75) is 43.0 Å². The highest BCUT2D eigenvalue weighted by Gasteiger charge is 2.34. The largest absolute Gasteiger partial charge is 0.550 e. The summed E-state index contributed by atoms with van der Waals surface area (Å²) in [6.45, 7) is 0.677. The van der Waals surface area contributed by atoms with Crippen molar-refractivity contribution < 1.29 is 18.3 Å². The van der Waals surface area contributed by atoms with Gasteiger partial charge in [0.2, 0.25) is 0 Å². The molecule has 6 nitrogen and oxygen atoms in total. The number of nitrogens with zero attached hydrogens (tertiary/aromatic N) is 1. The van der Waals surface area contributed by atoms with Crippen LogP contribution < -0.4 is 14.7 Å². The van der Waals surface area contributed by atoms with Crippen LogP contribution in [0.1, 0.15) is 49.3 Å². The smallest absolute Gasteiger partial charge is 0.264 e. The normalized spacial score (nSPS) is 17.3. The van der Waals surface area contributed by atoms with Crippen LogP contribution in [-0.2, 0) is 14.8 Å². The van der Waals surface area contributed by atoms with Gasteiger partial charge in [-0.25, -0.2) is 8.42 Å². The zero-order valence-electron chi connectivity index (χ0n) is 16.2. The topological polar surface area (TPSA) is 89.5 Å². The lowest BCUT2D eigenvalue weighted by molar-refractivity contribution is -0.305. The molecule has 8 heteroatoms. The molecule has 1 aliphatic rings. The average molecular weight is 436 g/mol. The number of halogens is 1. The number of carbonyl (C=O) groups excluding carboxylic acids is 1. The van der Waals surface area contributed by atoms with Gasteiger partial charge in [0.05, 0.1) is 16.6 Å². The summed E-state index contributed by atoms with van der Waals surface area (Å²) in [6.07, 6.45) is 3.26. The van der Waals surface area contributed by atoms with Gasteiger partial charge in [-0.15, -0.1) is 0 Å². The highest BCUT2D eigenvalue weighted by Crippen LogP contribution is 2.40. The lowest BCUT2D eigenvalue weighted by Crippen LogP contribution is -2.26. The molecule has 0 radical (unpaired) electrons. The number of hydrogen-bond acceptors (Lipinski definition) is 5. The van der Waals surface area contributed by atoms with Crippen LogP contribution in [-0.4, -0.2) is 28.0 Å². The molecular weight excluding hydrogens is 412 g/mol. The number of fused-ring (bicyclic) bond motifs is 2. The molecule has 0 amide bonds. The maximum atomic E-state index is 13.2. The first-order valence-corrected chi connectivity index (χ1v) is 11.4. The van der Waals surface area contributed by atoms with E-state index in [0.29, 0.717) is 29.2 Å². The van der Waals surface area contributed by atoms with E-state index in [2.05, 4.69) is 5.32 Å². The number of sulfonamides is 1. The van der Waals surface area contributed by atoms with E-state index in [-0.39, 0.29) is 17.4 Å². The first-order valence-electron chi connectivity index (χ1n) is 9.63. The molecule has 0 aromatic heterocycles. The molecule has 3 rings (SSSR count). The summed E-state index contributed by atoms with van der Waals surface area (Å²) < 4.78 is 27.7. The number of hydrogen-bond donors (Lipinski definition) is 1. The van der Waals surface area contributed by atoms with E-state index < -0.39 is 16.0 Å². The Bertz CT molecular complexity index is 994. The standard InChI is InChI=1S/C21H25ClN2O4S/c1-24-18-9-6-5-8-16(18)21(23-13-7-3-2-4-10-20(25)26)17-12-11-15(22)14-19(17)29(24,27)28/h5-6,8-9,11-12,14,21,23H,2-4,7,10,13H2,1H3,(H,25,26)/p-1. The number of anilines is 1. The van der Waals surface area contributed by atoms with Gasteiger partial charge in [-0.05, 0) is 55.1 Å². The summed E-state index contributed by atoms with van der Waals surface area (Å²) in [4.78, 5) is 10.7. The van der Waals surface area contributed by atoms with Crippen molar-refractivity contribution in [2.75, 3.05) is 17.9 Å². The zero-order valence-corrected chi connectivity index (χ0v) is 17.8. The third kappa shape index (κ3) is 4.74. The number of carboxylic acids is 1. The monoisotopic (exact) mass is 435 g/mol. The first kappa shape index (κ1) is 21.6. The maximum absolute atomic E-state index is 13.2. The average Bonchev–Trinajstić information content (AvgIpc) is 2.75. The van der Waals surface area contributed by atoms with Crippen LogP contribution in [0.15, 0.2) is 47.4 Å². The van der Waals surface area contributed by atoms with Gasteiger partial charge in [0.25, 0.3) is 10.0 Å². The molecule has 0 bridgehead atoms. The van der Waals surface area contributed by atoms with Gasteiger partial charge < -0.3 is 15.2 Å². The number of rotatable bonds is 8. The number of nitrogens with one attached hydrogen (secondary N) is 1. The first-order chi connectivity index (χ1) is 13.8. The van der Waals surface area contributed by atoms with Crippen molar-refractivity contribution >= 4 is 33.3 Å². The molecule has 0 aliphatic carbocycles. The number of para-hydroxylation sites is 1. The second kappa shape index (κ2) is 9.15. The summed E-state index contributed by atoms with van der Waals surface area (Å²) in [7, 11) is -2.18. The molecule has 1 N–H and O–H groups in total. The van der Waals surface area contributed by atoms with Crippen molar-refractivity contribution in [3.05, 3.63) is 58.6 Å². The summed E-state index contributed by atoms with van der Waals surface area (Å²) >= 11 is 6.11. The van der Waals surface area contributed by atoms with E-state index in [9.17, 15) is 18.3 Å². The summed E-state index contributed by atoms with van der Waals surface area (Å²) in [5.41, 5.74) is 2.19. The van der Waals surface area contributed by atoms with E-state index in [1.54, 1.807) is 25.2 Å². The quantitative estimate of drug-likeness (QED) is 0.644. The number of carbonyl (C=O) groups is 1. The van der Waals surface area contributed by atoms with Crippen LogP contribution in [0.2, 0.25) is 5.02 Å². The fraction of sp³-hybridized carbons (Fsp3) is 0.381. The van der Waals surface area contributed by atoms with Gasteiger partial charge in [-0.1, -0.05) is 48.7 Å². The Morgan fingerprint density at radius 1 is 1.10 bits per heavy atom. The zero-order chi connectivity index (χ0) is 21.0. The van der Waals surface area contributed by atoms with E-state index in [1.807, 2.05) is 18.2 Å². The third-order valence-corrected chi connectivity index (χ3v) is 7.23. The Kier molecular flexibility index (Phi) is 6.82. The van der Waals surface area contributed by atoms with E-state index in [4.69, 9.17) is 11.6 Å². The van der Waals surface area contributed by atoms with Crippen LogP contribution in [0.5, 0.6) is 0 Å². The van der Waals surface area contributed by atoms with E-state index >= 15 is 0 Å². The number of unbranched alkanes of at least 4 members (excludes halogenated alkanes) is 3. The van der Waals surface area contributed by atoms with Crippen molar-refractivity contribution in [1.82, 2.24) is 5.32 Å². The van der Waals surface area contributed by atoms with E-state index in [1.165, 1.54) is 10.4 Å². The van der Waals surface area contributed by atoms with Crippen LogP contribution in [0.25, 0.3) is 0 Å². The van der Waals surface area contributed by atoms with Gasteiger partial charge in [-0.3, -0.25) is 4.31 Å². The lowest BCUT2D eigenvalue weighted by Gasteiger charge is -2.22. The van der Waals surface area contributed by atoms with Gasteiger partial charge in [-0.2, -0.15) is 0 Å². The van der Waals surface area contributed by atoms with E-state index in [0.717, 1.165) is 24.8 Å². The van der Waals surface area contributed by atoms with Crippen LogP contribution in [0.4, 0.5) is 5.69 Å². The highest BCUT2D eigenvalue weighted by atomic mass is 35.5. The Morgan fingerprint density at radius 2 is 1.83 bits per heavy atom. The van der Waals surface area contributed by atoms with Crippen molar-refractivity contribution in [3.8, 4) is 0 Å². The van der Waals surface area contributed by atoms with Gasteiger partial charge in [0, 0.05) is 18.0 Å². The highest BCUT2D eigenvalue weighted by molar-refractivity contribution is 7.92. The minimum absolute atomic E-state index is 0.0851. The number of benzene rings is 2. The van der Waals surface area contributed by atoms with Crippen LogP contribution in [0.3, 0.4) is 0 Å². The van der Waals surface area contributed by atoms with Crippen LogP contribution in [0, 0.1) is 0 Å². The maximum Gasteiger partial charge on any atom is 0.264 e. The second-order valence-electron chi connectivity index (χ2n) is 7.14. The molecule has 1 heterocycles. The minimum Gasteiger partial charge on any atom is -0.550 e. The summed E-state index contributed by atoms with van der Waals surface area (Å²) in [6, 6.07) is 12.1. The molecule has 0 saturated heterocycles. The minimum atomic E-state index is -3.73. The Hall–Kier alpha value is -2.09. The molecule has 1 atom stereocenters. The predicted octanol–water partition coefficient (Wildman–Crippen LogP) is 2.86. The van der Waals surface area contributed by atoms with Gasteiger partial charge in [0.1, 0.15) is 0 Å². The fourth-order valence-corrected chi connectivity index (χ4v) is 5.36. The molecule has 1 unspecified atom stereocenters. The molecule has 0 spiro atoms. The van der Waals surface area contributed by atoms with Crippen molar-refractivity contribution in [2.24, 2.45) is 0 Å². The number of aliphatic carboxylic acids is 1. The van der Waals surface area contributed by atoms with Gasteiger partial charge in [0.15, 0.2) is 0 Å². The molecule has 29 heavy (non-hydrogen) atoms. The second-order valence-corrected chi connectivity index (χ2v) is 9.51. The van der Waals surface area contributed by atoms with Crippen molar-refractivity contribution in [1.29, 1.82) is 0 Å². The molecule has 0 fully saturated rings. The molecule has 0 saturated carbocycles. The fourth-order valence-electron chi connectivity index (χ4n) is 3.65. The molecule has 1 aliphatic heterocycles.